The number of aliphatic carboxylic acids is 1. The molecule has 0 bridgehead atoms. The number of carbonyl (C=O) groups is 2. The molecule has 3 rings (SSSR count). The molecule has 32 heavy (non-hydrogen) atoms. The molecule has 1 amide bonds. The van der Waals surface area contributed by atoms with Crippen molar-refractivity contribution in [1.29, 1.82) is 0 Å². The summed E-state index contributed by atoms with van der Waals surface area (Å²) >= 11 is 6.19. The summed E-state index contributed by atoms with van der Waals surface area (Å²) in [7, 11) is 0. The van der Waals surface area contributed by atoms with Crippen LogP contribution in [-0.2, 0) is 11.2 Å². The minimum atomic E-state index is -1.01. The van der Waals surface area contributed by atoms with Gasteiger partial charge in [-0.05, 0) is 67.1 Å². The van der Waals surface area contributed by atoms with Crippen molar-refractivity contribution in [3.63, 3.8) is 0 Å². The molecule has 0 unspecified atom stereocenters. The molecule has 0 spiro atoms. The maximum atomic E-state index is 13.0. The number of carboxylic acids is 1. The lowest BCUT2D eigenvalue weighted by Crippen LogP contribution is -2.41. The first-order valence-electron chi connectivity index (χ1n) is 10.8. The second kappa shape index (κ2) is 12.2. The monoisotopic (exact) mass is 473 g/mol. The van der Waals surface area contributed by atoms with Crippen LogP contribution in [0.5, 0.6) is 0 Å². The number of hydrogen-bond acceptors (Lipinski definition) is 6. The first-order valence-corrected chi connectivity index (χ1v) is 12.7. The van der Waals surface area contributed by atoms with Crippen LogP contribution >= 0.6 is 24.4 Å². The highest BCUT2D eigenvalue weighted by Crippen LogP contribution is 2.21. The molecule has 172 valence electrons. The Morgan fingerprint density at radius 2 is 2.03 bits per heavy atom. The molecule has 0 saturated carbocycles. The highest BCUT2D eigenvalue weighted by Gasteiger charge is 2.24. The number of thioether (sulfide) groups is 1. The predicted molar refractivity (Wildman–Crippen MR) is 135 cm³/mol. The van der Waals surface area contributed by atoms with E-state index in [4.69, 9.17) is 0 Å². The standard InChI is InChI=1S/C24H31N3O3S2/c1-32-12-10-20(24(29)30)27-23(28)19-8-7-18(26-15-21-22(31)9-11-25-21)14-17(19)13-16-5-3-2-4-6-16/h2-8,14,20-22,25-26,31H,9-13,15H2,1H3,(H,27,28)(H,29,30)/t20-,21-,22-/m0/s1. The Morgan fingerprint density at radius 3 is 2.69 bits per heavy atom. The number of nitrogens with one attached hydrogen (secondary N) is 3. The molecule has 2 aromatic rings. The first-order chi connectivity index (χ1) is 15.5. The summed E-state index contributed by atoms with van der Waals surface area (Å²) < 4.78 is 0. The summed E-state index contributed by atoms with van der Waals surface area (Å²) in [6.07, 6.45) is 3.93. The fourth-order valence-corrected chi connectivity index (χ4v) is 4.62. The van der Waals surface area contributed by atoms with Crippen molar-refractivity contribution >= 4 is 42.0 Å². The van der Waals surface area contributed by atoms with E-state index in [2.05, 4.69) is 28.6 Å². The molecule has 1 saturated heterocycles. The number of anilines is 1. The maximum Gasteiger partial charge on any atom is 0.326 e. The molecule has 6 nitrogen and oxygen atoms in total. The third-order valence-corrected chi connectivity index (χ3v) is 6.90. The van der Waals surface area contributed by atoms with Crippen molar-refractivity contribution in [3.05, 3.63) is 65.2 Å². The Kier molecular flexibility index (Phi) is 9.32. The van der Waals surface area contributed by atoms with Gasteiger partial charge < -0.3 is 21.1 Å². The van der Waals surface area contributed by atoms with Crippen LogP contribution in [-0.4, -0.2) is 59.4 Å². The van der Waals surface area contributed by atoms with Gasteiger partial charge in [-0.1, -0.05) is 30.3 Å². The Bertz CT molecular complexity index is 911. The van der Waals surface area contributed by atoms with Crippen molar-refractivity contribution in [2.75, 3.05) is 30.4 Å². The SMILES string of the molecule is CSCC[C@H](NC(=O)c1ccc(NC[C@@H]2NCC[C@@H]2S)cc1Cc1ccccc1)C(=O)O. The van der Waals surface area contributed by atoms with Crippen LogP contribution in [0.3, 0.4) is 0 Å². The summed E-state index contributed by atoms with van der Waals surface area (Å²) in [6, 6.07) is 15.0. The van der Waals surface area contributed by atoms with Crippen LogP contribution in [0.15, 0.2) is 48.5 Å². The fourth-order valence-electron chi connectivity index (χ4n) is 3.81. The molecular formula is C24H31N3O3S2. The van der Waals surface area contributed by atoms with E-state index in [1.807, 2.05) is 48.7 Å². The Morgan fingerprint density at radius 1 is 1.25 bits per heavy atom. The second-order valence-corrected chi connectivity index (χ2v) is 9.63. The molecule has 4 N–H and O–H groups in total. The molecular weight excluding hydrogens is 442 g/mol. The van der Waals surface area contributed by atoms with Gasteiger partial charge in [0.25, 0.3) is 5.91 Å². The third-order valence-electron chi connectivity index (χ3n) is 5.64. The molecule has 1 aliphatic heterocycles. The fraction of sp³-hybridized carbons (Fsp3) is 0.417. The van der Waals surface area contributed by atoms with E-state index in [1.54, 1.807) is 17.8 Å². The Labute approximate surface area is 199 Å². The number of benzene rings is 2. The van der Waals surface area contributed by atoms with E-state index in [9.17, 15) is 14.7 Å². The molecule has 0 aliphatic carbocycles. The van der Waals surface area contributed by atoms with Crippen LogP contribution in [0.4, 0.5) is 5.69 Å². The predicted octanol–water partition coefficient (Wildman–Crippen LogP) is 3.29. The van der Waals surface area contributed by atoms with Crippen LogP contribution in [0.2, 0.25) is 0 Å². The van der Waals surface area contributed by atoms with Gasteiger partial charge in [0.05, 0.1) is 0 Å². The minimum Gasteiger partial charge on any atom is -0.480 e. The summed E-state index contributed by atoms with van der Waals surface area (Å²) in [5.74, 6) is -0.706. The lowest BCUT2D eigenvalue weighted by atomic mass is 9.98. The van der Waals surface area contributed by atoms with Crippen molar-refractivity contribution in [2.45, 2.75) is 36.6 Å². The van der Waals surface area contributed by atoms with E-state index in [0.29, 0.717) is 35.4 Å². The number of thiol groups is 1. The summed E-state index contributed by atoms with van der Waals surface area (Å²) in [5.41, 5.74) is 3.37. The lowest BCUT2D eigenvalue weighted by Gasteiger charge is -2.19. The van der Waals surface area contributed by atoms with Gasteiger partial charge in [-0.2, -0.15) is 24.4 Å². The highest BCUT2D eigenvalue weighted by molar-refractivity contribution is 7.98. The van der Waals surface area contributed by atoms with Gasteiger partial charge in [0, 0.05) is 29.1 Å². The number of carboxylic acid groups (broad SMARTS) is 1. The smallest absolute Gasteiger partial charge is 0.326 e. The van der Waals surface area contributed by atoms with Crippen LogP contribution in [0, 0.1) is 0 Å². The molecule has 1 fully saturated rings. The number of rotatable bonds is 11. The zero-order chi connectivity index (χ0) is 22.9. The van der Waals surface area contributed by atoms with E-state index in [0.717, 1.165) is 36.3 Å². The highest BCUT2D eigenvalue weighted by atomic mass is 32.2. The molecule has 1 aliphatic rings. The summed E-state index contributed by atoms with van der Waals surface area (Å²) in [4.78, 5) is 24.6. The number of hydrogen-bond donors (Lipinski definition) is 5. The van der Waals surface area contributed by atoms with Crippen molar-refractivity contribution in [1.82, 2.24) is 10.6 Å². The largest absolute Gasteiger partial charge is 0.480 e. The van der Waals surface area contributed by atoms with Crippen LogP contribution < -0.4 is 16.0 Å². The quantitative estimate of drug-likeness (QED) is 0.322. The topological polar surface area (TPSA) is 90.5 Å². The molecule has 8 heteroatoms. The van der Waals surface area contributed by atoms with Gasteiger partial charge in [0.2, 0.25) is 0 Å². The van der Waals surface area contributed by atoms with Crippen molar-refractivity contribution in [3.8, 4) is 0 Å². The van der Waals surface area contributed by atoms with E-state index in [1.165, 1.54) is 0 Å². The summed E-state index contributed by atoms with van der Waals surface area (Å²) in [5, 5.41) is 19.4. The molecule has 0 aromatic heterocycles. The number of amides is 1. The molecule has 1 heterocycles. The molecule has 0 radical (unpaired) electrons. The van der Waals surface area contributed by atoms with Gasteiger partial charge in [-0.15, -0.1) is 0 Å². The lowest BCUT2D eigenvalue weighted by molar-refractivity contribution is -0.139. The van der Waals surface area contributed by atoms with Gasteiger partial charge in [-0.3, -0.25) is 4.79 Å². The van der Waals surface area contributed by atoms with E-state index < -0.39 is 12.0 Å². The average molecular weight is 474 g/mol. The second-order valence-electron chi connectivity index (χ2n) is 7.98. The maximum absolute atomic E-state index is 13.0. The minimum absolute atomic E-state index is 0.298. The summed E-state index contributed by atoms with van der Waals surface area (Å²) in [6.45, 7) is 1.72. The average Bonchev–Trinajstić information content (AvgIpc) is 3.20. The van der Waals surface area contributed by atoms with Crippen molar-refractivity contribution < 1.29 is 14.7 Å². The third kappa shape index (κ3) is 6.92. The van der Waals surface area contributed by atoms with Gasteiger partial charge in [0.1, 0.15) is 6.04 Å². The van der Waals surface area contributed by atoms with Gasteiger partial charge >= 0.3 is 5.97 Å². The van der Waals surface area contributed by atoms with Crippen LogP contribution in [0.1, 0.15) is 34.3 Å². The van der Waals surface area contributed by atoms with Crippen LogP contribution in [0.25, 0.3) is 0 Å². The zero-order valence-corrected chi connectivity index (χ0v) is 19.9. The molecule has 2 aromatic carbocycles. The Hall–Kier alpha value is -2.16. The molecule has 3 atom stereocenters. The van der Waals surface area contributed by atoms with Gasteiger partial charge in [-0.25, -0.2) is 4.79 Å². The number of carbonyl (C=O) groups excluding carboxylic acids is 1. The normalized spacial score (nSPS) is 18.8. The zero-order valence-electron chi connectivity index (χ0n) is 18.2. The first kappa shape index (κ1) is 24.5. The Balaban J connectivity index is 1.79. The van der Waals surface area contributed by atoms with Gasteiger partial charge in [0.15, 0.2) is 0 Å². The van der Waals surface area contributed by atoms with E-state index in [-0.39, 0.29) is 5.91 Å². The van der Waals surface area contributed by atoms with Crippen molar-refractivity contribution in [2.24, 2.45) is 0 Å². The van der Waals surface area contributed by atoms with E-state index >= 15 is 0 Å².